The quantitative estimate of drug-likeness (QED) is 0.716. The van der Waals surface area contributed by atoms with E-state index in [1.54, 1.807) is 11.8 Å². The van der Waals surface area contributed by atoms with Crippen LogP contribution in [0.25, 0.3) is 5.69 Å². The third kappa shape index (κ3) is 3.44. The van der Waals surface area contributed by atoms with Crippen molar-refractivity contribution in [2.24, 2.45) is 0 Å². The molecule has 0 fully saturated rings. The van der Waals surface area contributed by atoms with Gasteiger partial charge in [0.1, 0.15) is 0 Å². The predicted octanol–water partition coefficient (Wildman–Crippen LogP) is 4.56. The second-order valence-electron chi connectivity index (χ2n) is 7.68. The number of carbonyl (C=O) groups excluding carboxylic acids is 2. The average Bonchev–Trinajstić information content (AvgIpc) is 3.22. The SMILES string of the molecule is CC(=O)N1CCc2cc(NC(=O)c3cc(C)n(-c4cccc(C)c4)c3C)ccc21. The van der Waals surface area contributed by atoms with Crippen LogP contribution in [0.2, 0.25) is 0 Å². The van der Waals surface area contributed by atoms with E-state index in [-0.39, 0.29) is 11.8 Å². The molecule has 5 heteroatoms. The van der Waals surface area contributed by atoms with E-state index in [0.717, 1.165) is 40.4 Å². The maximum atomic E-state index is 13.0. The summed E-state index contributed by atoms with van der Waals surface area (Å²) in [6.45, 7) is 8.32. The molecule has 1 aliphatic rings. The molecule has 0 saturated heterocycles. The van der Waals surface area contributed by atoms with E-state index in [9.17, 15) is 9.59 Å². The molecule has 0 bridgehead atoms. The highest BCUT2D eigenvalue weighted by Gasteiger charge is 2.23. The number of aryl methyl sites for hydroxylation is 2. The van der Waals surface area contributed by atoms with Crippen molar-refractivity contribution in [1.29, 1.82) is 0 Å². The van der Waals surface area contributed by atoms with Crippen LogP contribution in [0.5, 0.6) is 0 Å². The minimum atomic E-state index is -0.127. The fraction of sp³-hybridized carbons (Fsp3) is 0.250. The lowest BCUT2D eigenvalue weighted by Gasteiger charge is -2.15. The highest BCUT2D eigenvalue weighted by atomic mass is 16.2. The second-order valence-corrected chi connectivity index (χ2v) is 7.68. The Kier molecular flexibility index (Phi) is 4.74. The molecule has 1 N–H and O–H groups in total. The monoisotopic (exact) mass is 387 g/mol. The van der Waals surface area contributed by atoms with Crippen LogP contribution in [0.1, 0.15) is 39.8 Å². The molecule has 4 rings (SSSR count). The van der Waals surface area contributed by atoms with Crippen molar-refractivity contribution in [3.63, 3.8) is 0 Å². The molecule has 148 valence electrons. The maximum absolute atomic E-state index is 13.0. The Bertz CT molecular complexity index is 1130. The van der Waals surface area contributed by atoms with E-state index in [4.69, 9.17) is 0 Å². The number of nitrogens with one attached hydrogen (secondary N) is 1. The molecular weight excluding hydrogens is 362 g/mol. The number of benzene rings is 2. The standard InChI is InChI=1S/C24H25N3O2/c1-15-6-5-7-21(12-15)27-16(2)13-22(17(27)3)24(29)25-20-8-9-23-19(14-20)10-11-26(23)18(4)28/h5-9,12-14H,10-11H2,1-4H3,(H,25,29). The molecule has 2 heterocycles. The van der Waals surface area contributed by atoms with Crippen LogP contribution in [0.4, 0.5) is 11.4 Å². The summed E-state index contributed by atoms with van der Waals surface area (Å²) in [5.74, 6) is -0.0810. The van der Waals surface area contributed by atoms with Gasteiger partial charge in [-0.2, -0.15) is 0 Å². The molecule has 0 spiro atoms. The van der Waals surface area contributed by atoms with Gasteiger partial charge < -0.3 is 14.8 Å². The third-order valence-corrected chi connectivity index (χ3v) is 5.55. The summed E-state index contributed by atoms with van der Waals surface area (Å²) in [6, 6.07) is 15.9. The smallest absolute Gasteiger partial charge is 0.257 e. The number of fused-ring (bicyclic) bond motifs is 1. The fourth-order valence-corrected chi connectivity index (χ4v) is 4.16. The zero-order valence-corrected chi connectivity index (χ0v) is 17.2. The molecular formula is C24H25N3O2. The fourth-order valence-electron chi connectivity index (χ4n) is 4.16. The van der Waals surface area contributed by atoms with Crippen LogP contribution in [0.3, 0.4) is 0 Å². The van der Waals surface area contributed by atoms with Gasteiger partial charge in [-0.1, -0.05) is 12.1 Å². The lowest BCUT2D eigenvalue weighted by molar-refractivity contribution is -0.116. The Morgan fingerprint density at radius 2 is 1.79 bits per heavy atom. The summed E-state index contributed by atoms with van der Waals surface area (Å²) in [7, 11) is 0. The van der Waals surface area contributed by atoms with Gasteiger partial charge in [0.2, 0.25) is 5.91 Å². The Morgan fingerprint density at radius 3 is 2.52 bits per heavy atom. The molecule has 3 aromatic rings. The van der Waals surface area contributed by atoms with Crippen LogP contribution in [-0.2, 0) is 11.2 Å². The van der Waals surface area contributed by atoms with Crippen molar-refractivity contribution in [3.8, 4) is 5.69 Å². The van der Waals surface area contributed by atoms with E-state index in [1.165, 1.54) is 5.56 Å². The van der Waals surface area contributed by atoms with E-state index in [0.29, 0.717) is 12.1 Å². The van der Waals surface area contributed by atoms with E-state index < -0.39 is 0 Å². The minimum absolute atomic E-state index is 0.0455. The van der Waals surface area contributed by atoms with E-state index >= 15 is 0 Å². The second kappa shape index (κ2) is 7.24. The first-order chi connectivity index (χ1) is 13.8. The van der Waals surface area contributed by atoms with Crippen molar-refractivity contribution in [2.45, 2.75) is 34.1 Å². The normalized spacial score (nSPS) is 12.8. The first kappa shape index (κ1) is 19.0. The van der Waals surface area contributed by atoms with Crippen molar-refractivity contribution in [1.82, 2.24) is 4.57 Å². The Hall–Kier alpha value is -3.34. The number of anilines is 2. The number of nitrogens with zero attached hydrogens (tertiary/aromatic N) is 2. The number of amides is 2. The highest BCUT2D eigenvalue weighted by Crippen LogP contribution is 2.31. The van der Waals surface area contributed by atoms with Crippen molar-refractivity contribution in [3.05, 3.63) is 76.6 Å². The first-order valence-corrected chi connectivity index (χ1v) is 9.83. The van der Waals surface area contributed by atoms with E-state index in [1.807, 2.05) is 44.2 Å². The predicted molar refractivity (Wildman–Crippen MR) is 116 cm³/mol. The minimum Gasteiger partial charge on any atom is -0.322 e. The number of aromatic nitrogens is 1. The Labute approximate surface area is 171 Å². The van der Waals surface area contributed by atoms with Crippen LogP contribution in [-0.4, -0.2) is 22.9 Å². The average molecular weight is 387 g/mol. The van der Waals surface area contributed by atoms with Crippen LogP contribution in [0, 0.1) is 20.8 Å². The van der Waals surface area contributed by atoms with Gasteiger partial charge in [-0.05, 0) is 74.7 Å². The zero-order chi connectivity index (χ0) is 20.7. The lowest BCUT2D eigenvalue weighted by Crippen LogP contribution is -2.25. The summed E-state index contributed by atoms with van der Waals surface area (Å²) in [4.78, 5) is 26.5. The molecule has 0 atom stereocenters. The van der Waals surface area contributed by atoms with E-state index in [2.05, 4.69) is 35.0 Å². The molecule has 5 nitrogen and oxygen atoms in total. The maximum Gasteiger partial charge on any atom is 0.257 e. The number of carbonyl (C=O) groups is 2. The Balaban J connectivity index is 1.60. The van der Waals surface area contributed by atoms with Crippen LogP contribution in [0.15, 0.2) is 48.5 Å². The Morgan fingerprint density at radius 1 is 1.00 bits per heavy atom. The summed E-state index contributed by atoms with van der Waals surface area (Å²) in [6.07, 6.45) is 0.806. The largest absolute Gasteiger partial charge is 0.322 e. The summed E-state index contributed by atoms with van der Waals surface area (Å²) < 4.78 is 2.11. The van der Waals surface area contributed by atoms with Gasteiger partial charge in [-0.25, -0.2) is 0 Å². The van der Waals surface area contributed by atoms with Gasteiger partial charge in [0.05, 0.1) is 5.56 Å². The number of rotatable bonds is 3. The molecule has 29 heavy (non-hydrogen) atoms. The van der Waals surface area contributed by atoms with Gasteiger partial charge >= 0.3 is 0 Å². The highest BCUT2D eigenvalue weighted by molar-refractivity contribution is 6.05. The van der Waals surface area contributed by atoms with Gasteiger partial charge in [0.25, 0.3) is 5.91 Å². The molecule has 1 aromatic heterocycles. The molecule has 2 aromatic carbocycles. The number of hydrogen-bond acceptors (Lipinski definition) is 2. The van der Waals surface area contributed by atoms with Gasteiger partial charge in [-0.15, -0.1) is 0 Å². The molecule has 0 unspecified atom stereocenters. The third-order valence-electron chi connectivity index (χ3n) is 5.55. The zero-order valence-electron chi connectivity index (χ0n) is 17.2. The summed E-state index contributed by atoms with van der Waals surface area (Å²) >= 11 is 0. The van der Waals surface area contributed by atoms with Crippen LogP contribution < -0.4 is 10.2 Å². The summed E-state index contributed by atoms with van der Waals surface area (Å²) in [5.41, 5.74) is 7.60. The molecule has 0 aliphatic carbocycles. The summed E-state index contributed by atoms with van der Waals surface area (Å²) in [5, 5.41) is 3.02. The van der Waals surface area contributed by atoms with Gasteiger partial charge in [0.15, 0.2) is 0 Å². The van der Waals surface area contributed by atoms with Crippen LogP contribution >= 0.6 is 0 Å². The molecule has 0 saturated carbocycles. The molecule has 2 amide bonds. The number of hydrogen-bond donors (Lipinski definition) is 1. The molecule has 1 aliphatic heterocycles. The topological polar surface area (TPSA) is 54.3 Å². The lowest BCUT2D eigenvalue weighted by atomic mass is 10.1. The van der Waals surface area contributed by atoms with Crippen molar-refractivity contribution < 1.29 is 9.59 Å². The van der Waals surface area contributed by atoms with Crippen molar-refractivity contribution in [2.75, 3.05) is 16.8 Å². The van der Waals surface area contributed by atoms with Gasteiger partial charge in [0, 0.05) is 41.9 Å². The first-order valence-electron chi connectivity index (χ1n) is 9.83. The molecule has 0 radical (unpaired) electrons. The van der Waals surface area contributed by atoms with Crippen molar-refractivity contribution >= 4 is 23.2 Å². The van der Waals surface area contributed by atoms with Gasteiger partial charge in [-0.3, -0.25) is 9.59 Å².